The topological polar surface area (TPSA) is 12.0 Å². The molecule has 0 radical (unpaired) electrons. The predicted octanol–water partition coefficient (Wildman–Crippen LogP) is 2.27. The minimum absolute atomic E-state index is 1.10. The van der Waals surface area contributed by atoms with Crippen LogP contribution in [0.1, 0.15) is 26.2 Å². The Hall–Kier alpha value is -0.383. The summed E-state index contributed by atoms with van der Waals surface area (Å²) < 4.78 is 1.29. The van der Waals surface area contributed by atoms with Crippen LogP contribution in [0, 0.1) is 0 Å². The van der Waals surface area contributed by atoms with Gasteiger partial charge in [0.1, 0.15) is 0 Å². The van der Waals surface area contributed by atoms with E-state index < -0.39 is 0 Å². The Bertz CT molecular complexity index is 224. The molecule has 0 aromatic heterocycles. The number of nitrogens with one attached hydrogen (secondary N) is 1. The van der Waals surface area contributed by atoms with Gasteiger partial charge in [-0.15, -0.1) is 0 Å². The van der Waals surface area contributed by atoms with Crippen LogP contribution in [-0.4, -0.2) is 24.3 Å². The van der Waals surface area contributed by atoms with Gasteiger partial charge in [-0.1, -0.05) is 0 Å². The Morgan fingerprint density at radius 1 is 1.31 bits per heavy atom. The monoisotopic (exact) mass is 169 g/mol. The Kier molecular flexibility index (Phi) is 5.04. The summed E-state index contributed by atoms with van der Waals surface area (Å²) in [6.07, 6.45) is 12.3. The number of unbranched alkanes of at least 4 members (excludes halogenated alkanes) is 2. The summed E-state index contributed by atoms with van der Waals surface area (Å²) in [5.74, 6) is 0. The molecule has 0 saturated heterocycles. The second kappa shape index (κ2) is 6.13. The van der Waals surface area contributed by atoms with E-state index in [1.165, 1.54) is 29.2 Å². The van der Waals surface area contributed by atoms with Crippen LogP contribution in [0.25, 0.3) is 0 Å². The van der Waals surface area contributed by atoms with Gasteiger partial charge in [0.25, 0.3) is 0 Å². The molecule has 0 fully saturated rings. The van der Waals surface area contributed by atoms with E-state index in [2.05, 4.69) is 54.3 Å². The molecule has 0 atom stereocenters. The van der Waals surface area contributed by atoms with Crippen molar-refractivity contribution in [3.63, 3.8) is 0 Å². The van der Waals surface area contributed by atoms with E-state index in [9.17, 15) is 0 Å². The molecule has 0 aromatic carbocycles. The van der Waals surface area contributed by atoms with Gasteiger partial charge in [0.05, 0.1) is 0 Å². The fraction of sp³-hybridized carbons (Fsp3) is 0.455. The third-order valence-corrected chi connectivity index (χ3v) is 2.27. The zero-order valence-corrected chi connectivity index (χ0v) is 8.64. The average Bonchev–Trinajstić information content (AvgIpc) is 2.65. The van der Waals surface area contributed by atoms with Crippen LogP contribution >= 0.6 is 0 Å². The molecule has 2 heteroatoms. The first-order chi connectivity index (χ1) is 6.34. The van der Waals surface area contributed by atoms with Gasteiger partial charge in [-0.2, -0.15) is 0 Å². The van der Waals surface area contributed by atoms with Crippen molar-refractivity contribution in [1.29, 1.82) is 0 Å². The van der Waals surface area contributed by atoms with Crippen molar-refractivity contribution >= 4 is 17.7 Å². The van der Waals surface area contributed by atoms with Gasteiger partial charge in [-0.25, -0.2) is 0 Å². The molecule has 1 N–H and O–H groups in total. The van der Waals surface area contributed by atoms with Crippen molar-refractivity contribution in [2.45, 2.75) is 26.2 Å². The van der Waals surface area contributed by atoms with Gasteiger partial charge in [-0.05, 0) is 0 Å². The maximum atomic E-state index is 3.44. The SMILES string of the molecule is [Li][C](NCCCCC)=C1C=CC=C1. The molecule has 0 unspecified atom stereocenters. The van der Waals surface area contributed by atoms with E-state index in [1.54, 1.807) is 0 Å². The van der Waals surface area contributed by atoms with Crippen LogP contribution in [0.15, 0.2) is 34.2 Å². The number of rotatable bonds is 5. The molecule has 0 aromatic rings. The van der Waals surface area contributed by atoms with Crippen LogP contribution < -0.4 is 5.32 Å². The standard InChI is InChI=1S/C11H16N.Li/c1-2-3-6-9-12-10-11-7-4-5-8-11;/h4-5,7-8,12H,2-3,6,9H2,1H3;. The van der Waals surface area contributed by atoms with Crippen molar-refractivity contribution in [2.75, 3.05) is 6.54 Å². The Morgan fingerprint density at radius 2 is 2.00 bits per heavy atom. The normalized spacial score (nSPS) is 13.9. The van der Waals surface area contributed by atoms with Gasteiger partial charge in [0, 0.05) is 0 Å². The van der Waals surface area contributed by atoms with Crippen molar-refractivity contribution in [2.24, 2.45) is 0 Å². The van der Waals surface area contributed by atoms with E-state index in [0.29, 0.717) is 0 Å². The molecule has 13 heavy (non-hydrogen) atoms. The summed E-state index contributed by atoms with van der Waals surface area (Å²) in [6, 6.07) is 0. The van der Waals surface area contributed by atoms with E-state index in [1.807, 2.05) is 0 Å². The van der Waals surface area contributed by atoms with Crippen molar-refractivity contribution in [3.8, 4) is 0 Å². The van der Waals surface area contributed by atoms with Crippen LogP contribution in [0.4, 0.5) is 0 Å². The number of hydrogen-bond donors (Lipinski definition) is 1. The molecular weight excluding hydrogens is 153 g/mol. The Morgan fingerprint density at radius 3 is 2.62 bits per heavy atom. The van der Waals surface area contributed by atoms with Gasteiger partial charge in [-0.3, -0.25) is 0 Å². The van der Waals surface area contributed by atoms with Gasteiger partial charge < -0.3 is 0 Å². The van der Waals surface area contributed by atoms with Crippen molar-refractivity contribution in [1.82, 2.24) is 5.32 Å². The zero-order valence-electron chi connectivity index (χ0n) is 8.64. The van der Waals surface area contributed by atoms with E-state index in [-0.39, 0.29) is 0 Å². The quantitative estimate of drug-likeness (QED) is 0.491. The summed E-state index contributed by atoms with van der Waals surface area (Å²) in [4.78, 5) is 0. The van der Waals surface area contributed by atoms with Crippen LogP contribution in [-0.2, 0) is 0 Å². The summed E-state index contributed by atoms with van der Waals surface area (Å²) >= 11 is 2.14. The third-order valence-electron chi connectivity index (χ3n) is 2.27. The molecule has 66 valence electrons. The summed E-state index contributed by atoms with van der Waals surface area (Å²) in [5.41, 5.74) is 1.32. The summed E-state index contributed by atoms with van der Waals surface area (Å²) in [5, 5.41) is 3.44. The Labute approximate surface area is 90.2 Å². The predicted molar refractivity (Wildman–Crippen MR) is 58.6 cm³/mol. The van der Waals surface area contributed by atoms with E-state index in [0.717, 1.165) is 6.54 Å². The van der Waals surface area contributed by atoms with Crippen LogP contribution in [0.5, 0.6) is 0 Å². The second-order valence-electron chi connectivity index (χ2n) is 3.43. The number of allylic oxidation sites excluding steroid dienone is 5. The van der Waals surface area contributed by atoms with E-state index in [4.69, 9.17) is 0 Å². The summed E-state index contributed by atoms with van der Waals surface area (Å²) in [7, 11) is 0. The third kappa shape index (κ3) is 3.89. The molecule has 0 aliphatic heterocycles. The van der Waals surface area contributed by atoms with E-state index >= 15 is 0 Å². The van der Waals surface area contributed by atoms with Crippen molar-refractivity contribution in [3.05, 3.63) is 34.2 Å². The molecule has 1 aliphatic carbocycles. The molecule has 0 bridgehead atoms. The first-order valence-corrected chi connectivity index (χ1v) is 5.14. The zero-order chi connectivity index (χ0) is 9.52. The van der Waals surface area contributed by atoms with Crippen LogP contribution in [0.2, 0.25) is 0 Å². The molecule has 1 nitrogen and oxygen atoms in total. The Balaban J connectivity index is 2.24. The molecule has 0 heterocycles. The minimum atomic E-state index is 1.10. The molecular formula is C11H16LiN. The van der Waals surface area contributed by atoms with Crippen LogP contribution in [0.3, 0.4) is 0 Å². The average molecular weight is 169 g/mol. The fourth-order valence-corrected chi connectivity index (χ4v) is 1.38. The van der Waals surface area contributed by atoms with Gasteiger partial charge in [0.15, 0.2) is 0 Å². The van der Waals surface area contributed by atoms with Gasteiger partial charge in [0.2, 0.25) is 0 Å². The maximum absolute atomic E-state index is 3.44. The molecule has 0 saturated carbocycles. The second-order valence-corrected chi connectivity index (χ2v) is 3.43. The first kappa shape index (κ1) is 10.7. The number of hydrogen-bond acceptors (Lipinski definition) is 1. The van der Waals surface area contributed by atoms with Crippen molar-refractivity contribution < 1.29 is 0 Å². The first-order valence-electron chi connectivity index (χ1n) is 5.14. The fourth-order valence-electron chi connectivity index (χ4n) is 1.38. The molecule has 1 rings (SSSR count). The molecule has 0 spiro atoms. The van der Waals surface area contributed by atoms with Gasteiger partial charge >= 0.3 is 90.0 Å². The molecule has 1 aliphatic rings. The summed E-state index contributed by atoms with van der Waals surface area (Å²) in [6.45, 7) is 3.33. The molecule has 0 amide bonds.